The maximum atomic E-state index is 12.6. The van der Waals surface area contributed by atoms with E-state index < -0.39 is 0 Å². The van der Waals surface area contributed by atoms with E-state index in [0.29, 0.717) is 34.5 Å². The average Bonchev–Trinajstić information content (AvgIpc) is 3.23. The van der Waals surface area contributed by atoms with E-state index in [1.807, 2.05) is 52.0 Å². The summed E-state index contributed by atoms with van der Waals surface area (Å²) in [6.45, 7) is 9.95. The van der Waals surface area contributed by atoms with Crippen LogP contribution in [0.1, 0.15) is 69.0 Å². The normalized spacial score (nSPS) is 16.5. The zero-order valence-corrected chi connectivity index (χ0v) is 21.8. The molecule has 1 aromatic heterocycles. The molecule has 3 rings (SSSR count). The van der Waals surface area contributed by atoms with Crippen molar-refractivity contribution in [3.63, 3.8) is 0 Å². The third kappa shape index (κ3) is 6.82. The molecule has 1 aromatic carbocycles. The molecule has 0 N–H and O–H groups in total. The zero-order chi connectivity index (χ0) is 25.8. The minimum Gasteiger partial charge on any atom is -0.569 e. The van der Waals surface area contributed by atoms with E-state index in [2.05, 4.69) is 10.3 Å². The molecule has 1 aliphatic rings. The minimum atomic E-state index is -0.380. The van der Waals surface area contributed by atoms with Gasteiger partial charge >= 0.3 is 5.97 Å². The van der Waals surface area contributed by atoms with Gasteiger partial charge in [-0.25, -0.2) is 0 Å². The van der Waals surface area contributed by atoms with Gasteiger partial charge in [0.1, 0.15) is 12.7 Å². The Morgan fingerprint density at radius 3 is 2.71 bits per heavy atom. The van der Waals surface area contributed by atoms with Gasteiger partial charge in [0.25, 0.3) is 0 Å². The number of hydrogen-bond acceptors (Lipinski definition) is 7. The number of nitrogens with zero attached hydrogens (tertiary/aromatic N) is 4. The SMILES string of the molecule is Cc1ncc2c(c1OC(=O)CCC(C)CO/N=[N+](\[O-])N(C)C(C)(C)C)CO[C@H]2c1ccc(Cl)cc1. The largest absolute Gasteiger partial charge is 0.569 e. The number of pyridine rings is 1. The number of fused-ring (bicyclic) bond motifs is 1. The summed E-state index contributed by atoms with van der Waals surface area (Å²) in [5, 5.41) is 17.6. The molecule has 0 spiro atoms. The van der Waals surface area contributed by atoms with E-state index >= 15 is 0 Å². The van der Waals surface area contributed by atoms with Gasteiger partial charge in [0.2, 0.25) is 5.28 Å². The van der Waals surface area contributed by atoms with Crippen molar-refractivity contribution in [1.82, 2.24) is 9.99 Å². The van der Waals surface area contributed by atoms with Crippen molar-refractivity contribution >= 4 is 17.6 Å². The standard InChI is InChI=1S/C25H33ClN4O5/c1-16(14-34-28-30(32)29(6)25(3,4)5)7-12-22(31)35-23-17(2)27-13-20-21(23)15-33-24(20)18-8-10-19(26)11-9-18/h8-11,13,16,24H,7,12,14-15H2,1-6H3/b30-28-/t16?,24-/m0/s1. The van der Waals surface area contributed by atoms with Gasteiger partial charge in [-0.2, -0.15) is 0 Å². The third-order valence-corrected chi connectivity index (χ3v) is 6.22. The zero-order valence-electron chi connectivity index (χ0n) is 21.1. The van der Waals surface area contributed by atoms with Gasteiger partial charge < -0.3 is 19.5 Å². The maximum Gasteiger partial charge on any atom is 0.311 e. The predicted molar refractivity (Wildman–Crippen MR) is 131 cm³/mol. The van der Waals surface area contributed by atoms with Crippen molar-refractivity contribution in [1.29, 1.82) is 0 Å². The molecule has 190 valence electrons. The molecule has 2 aromatic rings. The maximum absolute atomic E-state index is 12.6. The first-order valence-corrected chi connectivity index (χ1v) is 11.9. The topological polar surface area (TPSA) is 99.3 Å². The summed E-state index contributed by atoms with van der Waals surface area (Å²) in [4.78, 5) is 22.6. The Hall–Kier alpha value is -2.91. The van der Waals surface area contributed by atoms with Crippen LogP contribution in [0.15, 0.2) is 35.7 Å². The van der Waals surface area contributed by atoms with Crippen LogP contribution in [0.3, 0.4) is 0 Å². The Kier molecular flexibility index (Phi) is 8.56. The lowest BCUT2D eigenvalue weighted by atomic mass is 10.00. The Bertz CT molecular complexity index is 1070. The molecule has 35 heavy (non-hydrogen) atoms. The van der Waals surface area contributed by atoms with Crippen molar-refractivity contribution in [3.05, 3.63) is 63.1 Å². The highest BCUT2D eigenvalue weighted by Crippen LogP contribution is 2.41. The number of carbonyl (C=O) groups excluding carboxylic acids is 1. The van der Waals surface area contributed by atoms with Gasteiger partial charge in [-0.3, -0.25) is 9.78 Å². The summed E-state index contributed by atoms with van der Waals surface area (Å²) in [6, 6.07) is 7.46. The van der Waals surface area contributed by atoms with Crippen molar-refractivity contribution in [3.8, 4) is 5.75 Å². The first-order valence-electron chi connectivity index (χ1n) is 11.6. The van der Waals surface area contributed by atoms with Gasteiger partial charge in [-0.1, -0.05) is 30.7 Å². The number of esters is 1. The quantitative estimate of drug-likeness (QED) is 0.192. The molecule has 2 heterocycles. The van der Waals surface area contributed by atoms with E-state index in [1.165, 1.54) is 5.01 Å². The first kappa shape index (κ1) is 26.7. The van der Waals surface area contributed by atoms with Crippen LogP contribution in [-0.2, 0) is 21.0 Å². The Morgan fingerprint density at radius 1 is 1.37 bits per heavy atom. The van der Waals surface area contributed by atoms with Crippen molar-refractivity contribution in [2.75, 3.05) is 13.7 Å². The smallest absolute Gasteiger partial charge is 0.311 e. The van der Waals surface area contributed by atoms with Gasteiger partial charge in [-0.15, -0.1) is 5.01 Å². The summed E-state index contributed by atoms with van der Waals surface area (Å²) >= 11 is 6.00. The molecule has 0 amide bonds. The molecular formula is C25H33ClN4O5. The van der Waals surface area contributed by atoms with E-state index in [4.69, 9.17) is 25.9 Å². The van der Waals surface area contributed by atoms with Gasteiger partial charge in [-0.05, 0) is 57.7 Å². The number of carbonyl (C=O) groups is 1. The molecule has 0 fully saturated rings. The summed E-state index contributed by atoms with van der Waals surface area (Å²) in [5.41, 5.74) is 2.92. The number of hydrazine groups is 1. The lowest BCUT2D eigenvalue weighted by Gasteiger charge is -2.26. The minimum absolute atomic E-state index is 0.00188. The molecule has 0 saturated heterocycles. The molecule has 0 aliphatic carbocycles. The highest BCUT2D eigenvalue weighted by Gasteiger charge is 2.30. The third-order valence-electron chi connectivity index (χ3n) is 5.97. The molecule has 1 unspecified atom stereocenters. The van der Waals surface area contributed by atoms with Crippen molar-refractivity contribution in [2.45, 2.75) is 65.7 Å². The van der Waals surface area contributed by atoms with Crippen LogP contribution in [-0.4, -0.2) is 40.1 Å². The molecular weight excluding hydrogens is 472 g/mol. The molecule has 9 nitrogen and oxygen atoms in total. The Balaban J connectivity index is 1.56. The van der Waals surface area contributed by atoms with Crippen LogP contribution in [0.25, 0.3) is 0 Å². The molecule has 1 aliphatic heterocycles. The lowest BCUT2D eigenvalue weighted by molar-refractivity contribution is -0.719. The fourth-order valence-electron chi connectivity index (χ4n) is 3.47. The summed E-state index contributed by atoms with van der Waals surface area (Å²) in [5.74, 6) is 0.0907. The number of aromatic nitrogens is 1. The van der Waals surface area contributed by atoms with Gasteiger partial charge in [0, 0.05) is 28.8 Å². The number of hydrogen-bond donors (Lipinski definition) is 0. The fourth-order valence-corrected chi connectivity index (χ4v) is 3.59. The van der Waals surface area contributed by atoms with Crippen LogP contribution in [0.4, 0.5) is 0 Å². The molecule has 0 bridgehead atoms. The van der Waals surface area contributed by atoms with E-state index in [1.54, 1.807) is 20.2 Å². The van der Waals surface area contributed by atoms with Gasteiger partial charge in [0.15, 0.2) is 5.75 Å². The van der Waals surface area contributed by atoms with Crippen LogP contribution in [0.5, 0.6) is 5.75 Å². The van der Waals surface area contributed by atoms with Crippen LogP contribution >= 0.6 is 11.6 Å². The Labute approximate surface area is 211 Å². The second-order valence-electron chi connectivity index (χ2n) is 9.79. The Morgan fingerprint density at radius 2 is 2.06 bits per heavy atom. The van der Waals surface area contributed by atoms with Crippen molar-refractivity contribution in [2.24, 2.45) is 11.2 Å². The second-order valence-corrected chi connectivity index (χ2v) is 10.2. The summed E-state index contributed by atoms with van der Waals surface area (Å²) < 4.78 is 11.7. The number of benzene rings is 1. The fraction of sp³-hybridized carbons (Fsp3) is 0.520. The van der Waals surface area contributed by atoms with Gasteiger partial charge in [0.05, 0.1) is 29.9 Å². The number of aryl methyl sites for hydroxylation is 1. The first-order chi connectivity index (χ1) is 16.5. The lowest BCUT2D eigenvalue weighted by Crippen LogP contribution is -2.42. The molecule has 10 heteroatoms. The van der Waals surface area contributed by atoms with Crippen LogP contribution in [0, 0.1) is 18.0 Å². The van der Waals surface area contributed by atoms with E-state index in [-0.39, 0.29) is 36.6 Å². The highest BCUT2D eigenvalue weighted by molar-refractivity contribution is 6.30. The molecule has 0 radical (unpaired) electrons. The number of halogens is 1. The number of rotatable bonds is 9. The number of ether oxygens (including phenoxy) is 2. The van der Waals surface area contributed by atoms with Crippen LogP contribution < -0.4 is 4.74 Å². The van der Waals surface area contributed by atoms with Crippen LogP contribution in [0.2, 0.25) is 5.02 Å². The highest BCUT2D eigenvalue weighted by atomic mass is 35.5. The summed E-state index contributed by atoms with van der Waals surface area (Å²) in [6.07, 6.45) is 2.20. The van der Waals surface area contributed by atoms with Crippen molar-refractivity contribution < 1.29 is 24.1 Å². The monoisotopic (exact) mass is 504 g/mol. The summed E-state index contributed by atoms with van der Waals surface area (Å²) in [7, 11) is 1.64. The van der Waals surface area contributed by atoms with E-state index in [9.17, 15) is 10.0 Å². The predicted octanol–water partition coefficient (Wildman–Crippen LogP) is 5.52. The second kappa shape index (κ2) is 11.2. The average molecular weight is 505 g/mol. The molecule has 2 atom stereocenters. The molecule has 0 saturated carbocycles. The van der Waals surface area contributed by atoms with E-state index in [0.717, 1.165) is 16.7 Å².